The molecule has 1 heterocycles. The molecule has 2 aromatic carbocycles. The number of benzene rings is 2. The average Bonchev–Trinajstić information content (AvgIpc) is 2.57. The summed E-state index contributed by atoms with van der Waals surface area (Å²) >= 11 is 0. The van der Waals surface area contributed by atoms with Gasteiger partial charge in [-0.3, -0.25) is 4.79 Å². The molecule has 2 N–H and O–H groups in total. The normalized spacial score (nSPS) is 16.7. The van der Waals surface area contributed by atoms with Crippen LogP contribution < -0.4 is 9.64 Å². The zero-order valence-corrected chi connectivity index (χ0v) is 13.6. The van der Waals surface area contributed by atoms with E-state index in [0.29, 0.717) is 30.8 Å². The van der Waals surface area contributed by atoms with Gasteiger partial charge in [0, 0.05) is 25.6 Å². The highest BCUT2D eigenvalue weighted by atomic mass is 16.5. The number of aryl methyl sites for hydroxylation is 1. The number of phenolic OH excluding ortho intramolecular Hbond substituents is 1. The van der Waals surface area contributed by atoms with Crippen LogP contribution in [0.15, 0.2) is 42.5 Å². The number of ether oxygens (including phenoxy) is 1. The summed E-state index contributed by atoms with van der Waals surface area (Å²) in [4.78, 5) is 14.5. The topological polar surface area (TPSA) is 70.0 Å². The second kappa shape index (κ2) is 6.93. The number of aromatic hydroxyl groups is 1. The Labute approximate surface area is 141 Å². The zero-order valence-electron chi connectivity index (χ0n) is 13.6. The van der Waals surface area contributed by atoms with E-state index in [1.165, 1.54) is 6.07 Å². The molecule has 0 aliphatic carbocycles. The quantitative estimate of drug-likeness (QED) is 0.885. The van der Waals surface area contributed by atoms with E-state index >= 15 is 0 Å². The largest absolute Gasteiger partial charge is 0.508 e. The molecule has 126 valence electrons. The Balaban J connectivity index is 1.91. The molecule has 0 radical (unpaired) electrons. The molecule has 1 unspecified atom stereocenters. The fraction of sp³-hybridized carbons (Fsp3) is 0.316. The van der Waals surface area contributed by atoms with Crippen molar-refractivity contribution in [3.63, 3.8) is 0 Å². The number of rotatable bonds is 5. The number of hydrogen-bond donors (Lipinski definition) is 2. The van der Waals surface area contributed by atoms with E-state index in [2.05, 4.69) is 0 Å². The third-order valence-corrected chi connectivity index (χ3v) is 4.25. The molecule has 5 heteroatoms. The van der Waals surface area contributed by atoms with E-state index in [4.69, 9.17) is 9.84 Å². The third-order valence-electron chi connectivity index (χ3n) is 4.25. The first-order valence-corrected chi connectivity index (χ1v) is 8.06. The minimum Gasteiger partial charge on any atom is -0.508 e. The van der Waals surface area contributed by atoms with Gasteiger partial charge in [0.1, 0.15) is 11.5 Å². The maximum atomic E-state index is 12.9. The molecule has 1 aliphatic rings. The first-order valence-electron chi connectivity index (χ1n) is 8.06. The minimum absolute atomic E-state index is 0.00124. The highest BCUT2D eigenvalue weighted by molar-refractivity contribution is 6.00. The summed E-state index contributed by atoms with van der Waals surface area (Å²) in [5, 5.41) is 18.8. The fourth-order valence-electron chi connectivity index (χ4n) is 2.94. The molecule has 0 saturated heterocycles. The Bertz CT molecular complexity index is 744. The maximum absolute atomic E-state index is 12.9. The van der Waals surface area contributed by atoms with Crippen molar-refractivity contribution in [2.24, 2.45) is 0 Å². The number of nitrogens with zero attached hydrogens (tertiary/aromatic N) is 1. The second-order valence-electron chi connectivity index (χ2n) is 5.96. The van der Waals surface area contributed by atoms with E-state index in [-0.39, 0.29) is 18.3 Å². The van der Waals surface area contributed by atoms with E-state index in [1.807, 2.05) is 31.2 Å². The van der Waals surface area contributed by atoms with Gasteiger partial charge in [0.15, 0.2) is 6.10 Å². The summed E-state index contributed by atoms with van der Waals surface area (Å²) in [6.07, 6.45) is 0.348. The molecule has 0 aromatic heterocycles. The molecule has 3 rings (SSSR count). The maximum Gasteiger partial charge on any atom is 0.268 e. The lowest BCUT2D eigenvalue weighted by atomic mass is 10.0. The molecular formula is C19H21NO4. The molecule has 1 atom stereocenters. The molecule has 0 bridgehead atoms. The molecular weight excluding hydrogens is 306 g/mol. The number of anilines is 1. The minimum atomic E-state index is -0.609. The fourth-order valence-corrected chi connectivity index (χ4v) is 2.94. The van der Waals surface area contributed by atoms with Crippen molar-refractivity contribution in [1.82, 2.24) is 0 Å². The predicted octanol–water partition coefficient (Wildman–Crippen LogP) is 2.42. The Morgan fingerprint density at radius 1 is 1.21 bits per heavy atom. The van der Waals surface area contributed by atoms with Crippen LogP contribution in [0.4, 0.5) is 5.69 Å². The van der Waals surface area contributed by atoms with Crippen molar-refractivity contribution >= 4 is 11.6 Å². The Hall–Kier alpha value is -2.53. The van der Waals surface area contributed by atoms with Gasteiger partial charge < -0.3 is 19.8 Å². The van der Waals surface area contributed by atoms with Crippen molar-refractivity contribution in [2.45, 2.75) is 25.9 Å². The van der Waals surface area contributed by atoms with Gasteiger partial charge in [0.25, 0.3) is 5.91 Å². The lowest BCUT2D eigenvalue weighted by Gasteiger charge is -2.34. The predicted molar refractivity (Wildman–Crippen MR) is 91.5 cm³/mol. The summed E-state index contributed by atoms with van der Waals surface area (Å²) in [5.41, 5.74) is 2.74. The number of carbonyl (C=O) groups excluding carboxylic acids is 1. The molecule has 5 nitrogen and oxygen atoms in total. The summed E-state index contributed by atoms with van der Waals surface area (Å²) in [5.74, 6) is 0.505. The van der Waals surface area contributed by atoms with Gasteiger partial charge in [0.05, 0.1) is 5.69 Å². The highest BCUT2D eigenvalue weighted by Gasteiger charge is 2.34. The van der Waals surface area contributed by atoms with Crippen molar-refractivity contribution in [2.75, 3.05) is 18.1 Å². The van der Waals surface area contributed by atoms with Crippen molar-refractivity contribution in [3.05, 3.63) is 53.6 Å². The third kappa shape index (κ3) is 3.21. The molecule has 0 fully saturated rings. The Morgan fingerprint density at radius 3 is 2.75 bits per heavy atom. The summed E-state index contributed by atoms with van der Waals surface area (Å²) < 4.78 is 5.90. The van der Waals surface area contributed by atoms with Crippen LogP contribution in [-0.2, 0) is 11.2 Å². The van der Waals surface area contributed by atoms with Crippen LogP contribution in [-0.4, -0.2) is 35.4 Å². The Kier molecular flexibility index (Phi) is 4.71. The Morgan fingerprint density at radius 2 is 2.00 bits per heavy atom. The lowest BCUT2D eigenvalue weighted by Crippen LogP contribution is -2.47. The van der Waals surface area contributed by atoms with Crippen molar-refractivity contribution in [1.29, 1.82) is 0 Å². The average molecular weight is 327 g/mol. The first-order chi connectivity index (χ1) is 11.6. The first kappa shape index (κ1) is 16.3. The van der Waals surface area contributed by atoms with Gasteiger partial charge in [-0.1, -0.05) is 24.3 Å². The molecule has 0 spiro atoms. The monoisotopic (exact) mass is 327 g/mol. The summed E-state index contributed by atoms with van der Waals surface area (Å²) in [6.45, 7) is 2.40. The van der Waals surface area contributed by atoms with Gasteiger partial charge in [-0.05, 0) is 36.6 Å². The number of aliphatic hydroxyl groups excluding tert-OH is 1. The van der Waals surface area contributed by atoms with E-state index < -0.39 is 6.10 Å². The van der Waals surface area contributed by atoms with Crippen LogP contribution >= 0.6 is 0 Å². The van der Waals surface area contributed by atoms with E-state index in [9.17, 15) is 9.90 Å². The summed E-state index contributed by atoms with van der Waals surface area (Å²) in [7, 11) is 0. The van der Waals surface area contributed by atoms with Crippen molar-refractivity contribution < 1.29 is 19.7 Å². The number of aliphatic hydroxyl groups is 1. The van der Waals surface area contributed by atoms with Crippen LogP contribution in [0.5, 0.6) is 11.5 Å². The van der Waals surface area contributed by atoms with Crippen molar-refractivity contribution in [3.8, 4) is 11.5 Å². The van der Waals surface area contributed by atoms with Gasteiger partial charge in [-0.25, -0.2) is 0 Å². The van der Waals surface area contributed by atoms with Gasteiger partial charge >= 0.3 is 0 Å². The second-order valence-corrected chi connectivity index (χ2v) is 5.96. The molecule has 1 aliphatic heterocycles. The number of hydrogen-bond acceptors (Lipinski definition) is 4. The van der Waals surface area contributed by atoms with Crippen LogP contribution in [0, 0.1) is 6.92 Å². The lowest BCUT2D eigenvalue weighted by molar-refractivity contribution is -0.126. The highest BCUT2D eigenvalue weighted by Crippen LogP contribution is 2.37. The molecule has 2 aromatic rings. The van der Waals surface area contributed by atoms with Crippen LogP contribution in [0.3, 0.4) is 0 Å². The number of carbonyl (C=O) groups is 1. The molecule has 0 saturated carbocycles. The summed E-state index contributed by atoms with van der Waals surface area (Å²) in [6, 6.07) is 12.7. The van der Waals surface area contributed by atoms with Crippen LogP contribution in [0.1, 0.15) is 17.5 Å². The number of fused-ring (bicyclic) bond motifs is 1. The number of phenols is 1. The zero-order chi connectivity index (χ0) is 17.1. The van der Waals surface area contributed by atoms with Gasteiger partial charge in [-0.15, -0.1) is 0 Å². The van der Waals surface area contributed by atoms with Crippen LogP contribution in [0.25, 0.3) is 0 Å². The van der Waals surface area contributed by atoms with Gasteiger partial charge in [0.2, 0.25) is 0 Å². The standard InChI is InChI=1S/C19H21NO4/c1-13-5-2-3-6-14(13)11-18-19(23)20(9-4-10-21)16-12-15(22)7-8-17(16)24-18/h2-3,5-8,12,18,21-22H,4,9-11H2,1H3. The van der Waals surface area contributed by atoms with E-state index in [0.717, 1.165) is 11.1 Å². The SMILES string of the molecule is Cc1ccccc1CC1Oc2ccc(O)cc2N(CCCO)C1=O. The molecule has 24 heavy (non-hydrogen) atoms. The number of amides is 1. The van der Waals surface area contributed by atoms with Gasteiger partial charge in [-0.2, -0.15) is 0 Å². The van der Waals surface area contributed by atoms with E-state index in [1.54, 1.807) is 17.0 Å². The van der Waals surface area contributed by atoms with Crippen LogP contribution in [0.2, 0.25) is 0 Å². The molecule has 1 amide bonds. The smallest absolute Gasteiger partial charge is 0.268 e.